The van der Waals surface area contributed by atoms with Crippen molar-refractivity contribution < 1.29 is 9.53 Å². The zero-order valence-corrected chi connectivity index (χ0v) is 15.8. The van der Waals surface area contributed by atoms with Crippen molar-refractivity contribution in [2.45, 2.75) is 25.8 Å². The van der Waals surface area contributed by atoms with Gasteiger partial charge in [0.2, 0.25) is 5.88 Å². The van der Waals surface area contributed by atoms with Crippen LogP contribution in [0.3, 0.4) is 0 Å². The first-order chi connectivity index (χ1) is 13.8. The van der Waals surface area contributed by atoms with Crippen LogP contribution in [0.2, 0.25) is 0 Å². The summed E-state index contributed by atoms with van der Waals surface area (Å²) < 4.78 is 5.65. The highest BCUT2D eigenvalue weighted by Crippen LogP contribution is 2.29. The first-order valence-electron chi connectivity index (χ1n) is 9.76. The van der Waals surface area contributed by atoms with Gasteiger partial charge in [-0.2, -0.15) is 0 Å². The van der Waals surface area contributed by atoms with E-state index in [-0.39, 0.29) is 5.91 Å². The molecule has 1 amide bonds. The van der Waals surface area contributed by atoms with Gasteiger partial charge >= 0.3 is 0 Å². The molecule has 28 heavy (non-hydrogen) atoms. The van der Waals surface area contributed by atoms with Crippen molar-refractivity contribution in [1.82, 2.24) is 10.3 Å². The third kappa shape index (κ3) is 4.97. The van der Waals surface area contributed by atoms with Gasteiger partial charge in [0, 0.05) is 24.4 Å². The highest BCUT2D eigenvalue weighted by atomic mass is 16.5. The van der Waals surface area contributed by atoms with Crippen molar-refractivity contribution in [2.75, 3.05) is 6.61 Å². The molecule has 1 saturated carbocycles. The Morgan fingerprint density at radius 3 is 2.50 bits per heavy atom. The number of aromatic nitrogens is 1. The molecule has 1 aliphatic rings. The first-order valence-corrected chi connectivity index (χ1v) is 9.76. The second kappa shape index (κ2) is 8.70. The van der Waals surface area contributed by atoms with E-state index < -0.39 is 0 Å². The minimum atomic E-state index is -0.0689. The molecule has 0 spiro atoms. The molecular formula is C24H24N2O2. The number of rotatable bonds is 8. The van der Waals surface area contributed by atoms with Gasteiger partial charge in [0.25, 0.3) is 5.91 Å². The van der Waals surface area contributed by atoms with Gasteiger partial charge in [0.1, 0.15) is 0 Å². The van der Waals surface area contributed by atoms with E-state index in [0.29, 0.717) is 23.9 Å². The lowest BCUT2D eigenvalue weighted by molar-refractivity contribution is 0.0950. The minimum absolute atomic E-state index is 0.0689. The largest absolute Gasteiger partial charge is 0.477 e. The topological polar surface area (TPSA) is 51.2 Å². The maximum Gasteiger partial charge on any atom is 0.251 e. The summed E-state index contributed by atoms with van der Waals surface area (Å²) in [6.45, 7) is 1.19. The molecule has 1 N–H and O–H groups in total. The van der Waals surface area contributed by atoms with E-state index >= 15 is 0 Å². The van der Waals surface area contributed by atoms with Crippen molar-refractivity contribution in [3.05, 3.63) is 95.2 Å². The summed E-state index contributed by atoms with van der Waals surface area (Å²) in [6, 6.07) is 21.8. The monoisotopic (exact) mass is 372 g/mol. The minimum Gasteiger partial charge on any atom is -0.477 e. The van der Waals surface area contributed by atoms with Gasteiger partial charge in [-0.15, -0.1) is 0 Å². The van der Waals surface area contributed by atoms with Crippen LogP contribution in [0.15, 0.2) is 72.9 Å². The average molecular weight is 372 g/mol. The SMILES string of the molecule is O=C(NCc1ccc(OCC2CC2)nc1)c1ccccc1Cc1ccccc1. The van der Waals surface area contributed by atoms with Crippen LogP contribution in [0.1, 0.15) is 39.9 Å². The predicted octanol–water partition coefficient (Wildman–Crippen LogP) is 4.39. The van der Waals surface area contributed by atoms with Crippen molar-refractivity contribution in [2.24, 2.45) is 5.92 Å². The Hall–Kier alpha value is -3.14. The fourth-order valence-electron chi connectivity index (χ4n) is 3.08. The Labute approximate surface area is 165 Å². The van der Waals surface area contributed by atoms with Gasteiger partial charge < -0.3 is 10.1 Å². The van der Waals surface area contributed by atoms with E-state index in [0.717, 1.165) is 24.2 Å². The van der Waals surface area contributed by atoms with Gasteiger partial charge in [-0.25, -0.2) is 4.98 Å². The van der Waals surface area contributed by atoms with E-state index in [1.807, 2.05) is 54.6 Å². The number of benzene rings is 2. The highest BCUT2D eigenvalue weighted by molar-refractivity contribution is 5.95. The van der Waals surface area contributed by atoms with Gasteiger partial charge in [0.05, 0.1) is 6.61 Å². The highest BCUT2D eigenvalue weighted by Gasteiger charge is 2.22. The van der Waals surface area contributed by atoms with Crippen LogP contribution in [0, 0.1) is 5.92 Å². The zero-order valence-electron chi connectivity index (χ0n) is 15.8. The molecule has 0 bridgehead atoms. The van der Waals surface area contributed by atoms with Gasteiger partial charge in [0.15, 0.2) is 0 Å². The number of hydrogen-bond donors (Lipinski definition) is 1. The zero-order chi connectivity index (χ0) is 19.2. The van der Waals surface area contributed by atoms with E-state index in [2.05, 4.69) is 22.4 Å². The summed E-state index contributed by atoms with van der Waals surface area (Å²) in [4.78, 5) is 17.1. The molecule has 1 aromatic heterocycles. The van der Waals surface area contributed by atoms with Crippen molar-refractivity contribution in [3.8, 4) is 5.88 Å². The van der Waals surface area contributed by atoms with Crippen LogP contribution in [-0.2, 0) is 13.0 Å². The summed E-state index contributed by atoms with van der Waals surface area (Å²) in [5.41, 5.74) is 3.87. The second-order valence-corrected chi connectivity index (χ2v) is 7.26. The molecule has 4 rings (SSSR count). The number of hydrogen-bond acceptors (Lipinski definition) is 3. The molecule has 1 heterocycles. The molecule has 0 atom stereocenters. The lowest BCUT2D eigenvalue weighted by Gasteiger charge is -2.11. The maximum atomic E-state index is 12.7. The number of amides is 1. The van der Waals surface area contributed by atoms with Crippen LogP contribution in [0.5, 0.6) is 5.88 Å². The van der Waals surface area contributed by atoms with E-state index in [1.165, 1.54) is 18.4 Å². The predicted molar refractivity (Wildman–Crippen MR) is 109 cm³/mol. The van der Waals surface area contributed by atoms with Crippen molar-refractivity contribution >= 4 is 5.91 Å². The molecule has 4 nitrogen and oxygen atoms in total. The van der Waals surface area contributed by atoms with Gasteiger partial charge in [-0.1, -0.05) is 54.6 Å². The van der Waals surface area contributed by atoms with Crippen molar-refractivity contribution in [3.63, 3.8) is 0 Å². The molecule has 0 saturated heterocycles. The second-order valence-electron chi connectivity index (χ2n) is 7.26. The Morgan fingerprint density at radius 1 is 0.964 bits per heavy atom. The fourth-order valence-corrected chi connectivity index (χ4v) is 3.08. The van der Waals surface area contributed by atoms with E-state index in [1.54, 1.807) is 6.20 Å². The lowest BCUT2D eigenvalue weighted by atomic mass is 9.99. The quantitative estimate of drug-likeness (QED) is 0.638. The summed E-state index contributed by atoms with van der Waals surface area (Å²) in [5, 5.41) is 3.00. The first kappa shape index (κ1) is 18.2. The molecule has 2 aromatic carbocycles. The van der Waals surface area contributed by atoms with Gasteiger partial charge in [-0.3, -0.25) is 4.79 Å². The Bertz CT molecular complexity index is 919. The van der Waals surface area contributed by atoms with Crippen LogP contribution in [-0.4, -0.2) is 17.5 Å². The van der Waals surface area contributed by atoms with Crippen molar-refractivity contribution in [1.29, 1.82) is 0 Å². The smallest absolute Gasteiger partial charge is 0.251 e. The molecule has 0 aliphatic heterocycles. The number of nitrogens with one attached hydrogen (secondary N) is 1. The molecule has 0 radical (unpaired) electrons. The number of pyridine rings is 1. The third-order valence-electron chi connectivity index (χ3n) is 4.91. The Kier molecular flexibility index (Phi) is 5.66. The summed E-state index contributed by atoms with van der Waals surface area (Å²) in [5.74, 6) is 1.28. The Balaban J connectivity index is 1.35. The van der Waals surface area contributed by atoms with Gasteiger partial charge in [-0.05, 0) is 47.9 Å². The standard InChI is InChI=1S/C24H24N2O2/c27-24(22-9-5-4-8-21(22)14-18-6-2-1-3-7-18)26-16-20-12-13-23(25-15-20)28-17-19-10-11-19/h1-9,12-13,15,19H,10-11,14,16-17H2,(H,26,27). The number of carbonyl (C=O) groups is 1. The molecule has 1 aliphatic carbocycles. The maximum absolute atomic E-state index is 12.7. The van der Waals surface area contributed by atoms with Crippen LogP contribution in [0.4, 0.5) is 0 Å². The number of carbonyl (C=O) groups excluding carboxylic acids is 1. The molecule has 0 unspecified atom stereocenters. The number of ether oxygens (including phenoxy) is 1. The summed E-state index contributed by atoms with van der Waals surface area (Å²) in [7, 11) is 0. The molecule has 1 fully saturated rings. The average Bonchev–Trinajstić information content (AvgIpc) is 3.57. The van der Waals surface area contributed by atoms with Crippen LogP contribution < -0.4 is 10.1 Å². The van der Waals surface area contributed by atoms with E-state index in [4.69, 9.17) is 4.74 Å². The van der Waals surface area contributed by atoms with Crippen LogP contribution in [0.25, 0.3) is 0 Å². The molecule has 4 heteroatoms. The third-order valence-corrected chi connectivity index (χ3v) is 4.91. The van der Waals surface area contributed by atoms with E-state index in [9.17, 15) is 4.79 Å². The molecule has 3 aromatic rings. The lowest BCUT2D eigenvalue weighted by Crippen LogP contribution is -2.24. The van der Waals surface area contributed by atoms with Crippen LogP contribution >= 0.6 is 0 Å². The normalized spacial score (nSPS) is 13.1. The Morgan fingerprint density at radius 2 is 1.75 bits per heavy atom. The number of nitrogens with zero attached hydrogens (tertiary/aromatic N) is 1. The molecule has 142 valence electrons. The summed E-state index contributed by atoms with van der Waals surface area (Å²) >= 11 is 0. The molecular weight excluding hydrogens is 348 g/mol. The summed E-state index contributed by atoms with van der Waals surface area (Å²) in [6.07, 6.45) is 5.02. The fraction of sp³-hybridized carbons (Fsp3) is 0.250.